The zero-order valence-electron chi connectivity index (χ0n) is 26.5. The number of rotatable bonds is 11. The number of thiophene rings is 3. The quantitative estimate of drug-likeness (QED) is 0.0733. The van der Waals surface area contributed by atoms with Crippen LogP contribution in [0.2, 0.25) is 5.02 Å². The van der Waals surface area contributed by atoms with E-state index in [1.54, 1.807) is 48.7 Å². The van der Waals surface area contributed by atoms with Gasteiger partial charge in [0.25, 0.3) is 5.56 Å². The first-order valence-corrected chi connectivity index (χ1v) is 20.4. The van der Waals surface area contributed by atoms with Gasteiger partial charge in [-0.1, -0.05) is 23.7 Å². The highest BCUT2D eigenvalue weighted by molar-refractivity contribution is 7.99. The second-order valence-corrected chi connectivity index (χ2v) is 16.8. The monoisotopic (exact) mass is 760 g/mol. The molecule has 1 aliphatic carbocycles. The van der Waals surface area contributed by atoms with Gasteiger partial charge in [0.15, 0.2) is 16.7 Å². The second-order valence-electron chi connectivity index (χ2n) is 11.4. The van der Waals surface area contributed by atoms with Crippen LogP contribution >= 0.6 is 69.1 Å². The summed E-state index contributed by atoms with van der Waals surface area (Å²) in [6, 6.07) is 17.8. The number of hydrogen-bond donors (Lipinski definition) is 0. The minimum Gasteiger partial charge on any atom is -0.493 e. The third-order valence-corrected chi connectivity index (χ3v) is 13.7. The largest absolute Gasteiger partial charge is 0.493 e. The van der Waals surface area contributed by atoms with Crippen molar-refractivity contribution in [2.75, 3.05) is 14.2 Å². The van der Waals surface area contributed by atoms with Gasteiger partial charge >= 0.3 is 0 Å². The average Bonchev–Trinajstić information content (AvgIpc) is 3.93. The van der Waals surface area contributed by atoms with E-state index in [9.17, 15) is 4.79 Å². The summed E-state index contributed by atoms with van der Waals surface area (Å²) in [4.78, 5) is 35.2. The van der Waals surface area contributed by atoms with E-state index < -0.39 is 0 Å². The smallest absolute Gasteiger partial charge is 0.263 e. The van der Waals surface area contributed by atoms with Crippen LogP contribution in [0.3, 0.4) is 0 Å². The molecule has 7 aromatic rings. The number of fused-ring (bicyclic) bond motifs is 4. The number of aryl methyl sites for hydroxylation is 3. The van der Waals surface area contributed by atoms with Crippen molar-refractivity contribution in [3.8, 4) is 21.9 Å². The Morgan fingerprint density at radius 3 is 2.59 bits per heavy atom. The third-order valence-electron chi connectivity index (χ3n) is 8.46. The Labute approximate surface area is 308 Å². The summed E-state index contributed by atoms with van der Waals surface area (Å²) < 4.78 is 12.8. The molecule has 0 amide bonds. The summed E-state index contributed by atoms with van der Waals surface area (Å²) in [5.74, 6) is 2.70. The van der Waals surface area contributed by atoms with E-state index in [1.165, 1.54) is 33.5 Å². The lowest BCUT2D eigenvalue weighted by Gasteiger charge is -2.14. The zero-order chi connectivity index (χ0) is 33.5. The van der Waals surface area contributed by atoms with E-state index in [0.717, 1.165) is 66.1 Å². The SMILES string of the molecule is COc1ccc(CCn2c(Sc3nc(CSc4ccc(Cl)cc4)nc4sc5c(c34)CCC5)nc3scc(-c4cccs4)c3c2=O)cc1OC. The fourth-order valence-electron chi connectivity index (χ4n) is 6.08. The van der Waals surface area contributed by atoms with Crippen molar-refractivity contribution in [2.45, 2.75) is 53.1 Å². The number of aromatic nitrogens is 4. The van der Waals surface area contributed by atoms with Crippen LogP contribution in [0.15, 0.2) is 85.2 Å². The molecule has 1 aliphatic rings. The molecule has 5 aromatic heterocycles. The summed E-state index contributed by atoms with van der Waals surface area (Å²) in [7, 11) is 3.26. The fraction of sp³-hybridized carbons (Fsp3) is 0.222. The van der Waals surface area contributed by atoms with Crippen LogP contribution in [0.5, 0.6) is 11.5 Å². The Hall–Kier alpha value is -3.39. The Morgan fingerprint density at radius 2 is 1.80 bits per heavy atom. The molecule has 0 fully saturated rings. The van der Waals surface area contributed by atoms with Gasteiger partial charge < -0.3 is 9.47 Å². The lowest BCUT2D eigenvalue weighted by molar-refractivity contribution is 0.354. The van der Waals surface area contributed by atoms with Crippen molar-refractivity contribution in [1.82, 2.24) is 19.5 Å². The molecule has 0 N–H and O–H groups in total. The van der Waals surface area contributed by atoms with Crippen LogP contribution in [-0.2, 0) is 31.6 Å². The van der Waals surface area contributed by atoms with Crippen molar-refractivity contribution < 1.29 is 9.47 Å². The topological polar surface area (TPSA) is 79.1 Å². The Balaban J connectivity index is 1.22. The maximum atomic E-state index is 14.5. The van der Waals surface area contributed by atoms with Crippen molar-refractivity contribution in [1.29, 1.82) is 0 Å². The predicted octanol–water partition coefficient (Wildman–Crippen LogP) is 10.0. The van der Waals surface area contributed by atoms with E-state index in [4.69, 9.17) is 36.0 Å². The van der Waals surface area contributed by atoms with Gasteiger partial charge in [-0.25, -0.2) is 15.0 Å². The molecule has 8 rings (SSSR count). The van der Waals surface area contributed by atoms with Crippen molar-refractivity contribution >= 4 is 89.6 Å². The molecule has 13 heteroatoms. The van der Waals surface area contributed by atoms with Crippen molar-refractivity contribution in [3.63, 3.8) is 0 Å². The van der Waals surface area contributed by atoms with Crippen molar-refractivity contribution in [3.05, 3.63) is 103 Å². The standard InChI is InChI=1S/C36H29ClN4O3S5/c1-43-25-13-8-20(17-26(25)44-2)14-15-41-35(42)31-24(27-7-4-16-45-27)18-47-32(31)40-36(41)49-34-30-23-5-3-6-28(23)48-33(30)38-29(39-34)19-46-22-11-9-21(37)10-12-22/h4,7-13,16-18H,3,5-6,14-15,19H2,1-2H3. The number of methoxy groups -OCH3 is 2. The molecule has 49 heavy (non-hydrogen) atoms. The van der Waals surface area contributed by atoms with Gasteiger partial charge in [0.1, 0.15) is 20.5 Å². The molecule has 2 aromatic carbocycles. The van der Waals surface area contributed by atoms with Gasteiger partial charge in [-0.05, 0) is 96.4 Å². The van der Waals surface area contributed by atoms with E-state index in [0.29, 0.717) is 45.8 Å². The number of halogens is 1. The van der Waals surface area contributed by atoms with Crippen LogP contribution in [-0.4, -0.2) is 33.7 Å². The highest BCUT2D eigenvalue weighted by atomic mass is 35.5. The molecule has 0 radical (unpaired) electrons. The van der Waals surface area contributed by atoms with Crippen molar-refractivity contribution in [2.24, 2.45) is 0 Å². The maximum Gasteiger partial charge on any atom is 0.263 e. The number of ether oxygens (including phenoxy) is 2. The number of thioether (sulfide) groups is 1. The zero-order valence-corrected chi connectivity index (χ0v) is 31.4. The van der Waals surface area contributed by atoms with E-state index >= 15 is 0 Å². The van der Waals surface area contributed by atoms with E-state index in [1.807, 2.05) is 58.5 Å². The van der Waals surface area contributed by atoms with E-state index in [2.05, 4.69) is 11.4 Å². The van der Waals surface area contributed by atoms with Gasteiger partial charge in [-0.3, -0.25) is 9.36 Å². The van der Waals surface area contributed by atoms with Crippen LogP contribution in [0.4, 0.5) is 0 Å². The van der Waals surface area contributed by atoms with Crippen LogP contribution < -0.4 is 15.0 Å². The first-order valence-electron chi connectivity index (χ1n) is 15.6. The van der Waals surface area contributed by atoms with Gasteiger partial charge in [0, 0.05) is 42.5 Å². The average molecular weight is 761 g/mol. The lowest BCUT2D eigenvalue weighted by Crippen LogP contribution is -2.24. The Morgan fingerprint density at radius 1 is 0.939 bits per heavy atom. The van der Waals surface area contributed by atoms with Gasteiger partial charge in [0.2, 0.25) is 0 Å². The maximum absolute atomic E-state index is 14.5. The highest BCUT2D eigenvalue weighted by Gasteiger charge is 2.25. The first kappa shape index (κ1) is 32.8. The number of benzene rings is 2. The molecule has 0 saturated carbocycles. The molecule has 0 aliphatic heterocycles. The molecular formula is C36H29ClN4O3S5. The summed E-state index contributed by atoms with van der Waals surface area (Å²) in [5, 5.41) is 8.06. The molecule has 0 bridgehead atoms. The molecule has 7 nitrogen and oxygen atoms in total. The van der Waals surface area contributed by atoms with Gasteiger partial charge in [-0.15, -0.1) is 45.8 Å². The summed E-state index contributed by atoms with van der Waals surface area (Å²) in [6.45, 7) is 0.439. The predicted molar refractivity (Wildman–Crippen MR) is 205 cm³/mol. The number of nitrogens with zero attached hydrogens (tertiary/aromatic N) is 4. The molecule has 0 spiro atoms. The number of hydrogen-bond acceptors (Lipinski definition) is 11. The van der Waals surface area contributed by atoms with Crippen LogP contribution in [0, 0.1) is 0 Å². The summed E-state index contributed by atoms with van der Waals surface area (Å²) in [6.07, 6.45) is 3.82. The molecule has 248 valence electrons. The normalized spacial score (nSPS) is 12.6. The molecule has 5 heterocycles. The van der Waals surface area contributed by atoms with E-state index in [-0.39, 0.29) is 5.56 Å². The molecule has 0 unspecified atom stereocenters. The first-order chi connectivity index (χ1) is 24.0. The molecule has 0 saturated heterocycles. The minimum atomic E-state index is -0.0445. The van der Waals surface area contributed by atoms with Crippen LogP contribution in [0.1, 0.15) is 28.2 Å². The van der Waals surface area contributed by atoms with Gasteiger partial charge in [-0.2, -0.15) is 0 Å². The highest BCUT2D eigenvalue weighted by Crippen LogP contribution is 2.43. The third kappa shape index (κ3) is 6.50. The summed E-state index contributed by atoms with van der Waals surface area (Å²) >= 11 is 14.2. The lowest BCUT2D eigenvalue weighted by atomic mass is 10.1. The van der Waals surface area contributed by atoms with Gasteiger partial charge in [0.05, 0.1) is 25.4 Å². The molecular weight excluding hydrogens is 732 g/mol. The fourth-order valence-corrected chi connectivity index (χ4v) is 11.2. The second kappa shape index (κ2) is 14.1. The van der Waals surface area contributed by atoms with Crippen LogP contribution in [0.25, 0.3) is 30.9 Å². The minimum absolute atomic E-state index is 0.0445. The molecule has 0 atom stereocenters. The summed E-state index contributed by atoms with van der Waals surface area (Å²) in [5.41, 5.74) is 3.27. The Kier molecular flexibility index (Phi) is 9.43. The Bertz CT molecular complexity index is 2370.